The van der Waals surface area contributed by atoms with Crippen molar-refractivity contribution in [3.05, 3.63) is 33.9 Å². The van der Waals surface area contributed by atoms with Gasteiger partial charge in [-0.1, -0.05) is 15.9 Å². The van der Waals surface area contributed by atoms with Crippen LogP contribution in [0.5, 0.6) is 0 Å². The minimum Gasteiger partial charge on any atom is -0.377 e. The maximum atomic E-state index is 10.9. The fraction of sp³-hybridized carbons (Fsp3) is 0.538. The molecular formula is C13H19BrN2O3. The van der Waals surface area contributed by atoms with E-state index in [9.17, 15) is 10.1 Å². The lowest BCUT2D eigenvalue weighted by Gasteiger charge is -2.20. The summed E-state index contributed by atoms with van der Waals surface area (Å²) in [5.74, 6) is 0. The monoisotopic (exact) mass is 330 g/mol. The van der Waals surface area contributed by atoms with E-state index in [2.05, 4.69) is 15.9 Å². The summed E-state index contributed by atoms with van der Waals surface area (Å²) in [6, 6.07) is 5.15. The van der Waals surface area contributed by atoms with E-state index in [1.807, 2.05) is 31.9 Å². The highest BCUT2D eigenvalue weighted by Gasteiger charge is 2.14. The van der Waals surface area contributed by atoms with Gasteiger partial charge in [-0.2, -0.15) is 0 Å². The highest BCUT2D eigenvalue weighted by atomic mass is 79.9. The molecule has 0 fully saturated rings. The SMILES string of the molecule is CC(C)OCCN(C)c1ccc([N+](=O)[O-])c(CBr)c1. The van der Waals surface area contributed by atoms with Crippen LogP contribution >= 0.6 is 15.9 Å². The van der Waals surface area contributed by atoms with E-state index in [1.165, 1.54) is 0 Å². The summed E-state index contributed by atoms with van der Waals surface area (Å²) >= 11 is 3.28. The molecule has 0 radical (unpaired) electrons. The molecule has 0 saturated heterocycles. The van der Waals surface area contributed by atoms with Crippen LogP contribution < -0.4 is 4.90 Å². The fourth-order valence-electron chi connectivity index (χ4n) is 1.65. The van der Waals surface area contributed by atoms with Crippen molar-refractivity contribution in [1.82, 2.24) is 0 Å². The molecule has 0 aliphatic carbocycles. The number of nitrogens with zero attached hydrogens (tertiary/aromatic N) is 2. The lowest BCUT2D eigenvalue weighted by Crippen LogP contribution is -2.24. The molecule has 0 spiro atoms. The van der Waals surface area contributed by atoms with Crippen LogP contribution in [0, 0.1) is 10.1 Å². The third kappa shape index (κ3) is 4.80. The minimum absolute atomic E-state index is 0.146. The van der Waals surface area contributed by atoms with Crippen molar-refractivity contribution in [2.24, 2.45) is 0 Å². The van der Waals surface area contributed by atoms with Crippen molar-refractivity contribution in [3.63, 3.8) is 0 Å². The van der Waals surface area contributed by atoms with Gasteiger partial charge >= 0.3 is 0 Å². The number of likely N-dealkylation sites (N-methyl/N-ethyl adjacent to an activating group) is 1. The highest BCUT2D eigenvalue weighted by molar-refractivity contribution is 9.08. The van der Waals surface area contributed by atoms with E-state index in [1.54, 1.807) is 12.1 Å². The third-order valence-corrected chi connectivity index (χ3v) is 3.33. The van der Waals surface area contributed by atoms with Crippen LogP contribution in [0.15, 0.2) is 18.2 Å². The second-order valence-electron chi connectivity index (χ2n) is 4.54. The molecule has 0 saturated carbocycles. The van der Waals surface area contributed by atoms with Gasteiger partial charge in [0.2, 0.25) is 0 Å². The van der Waals surface area contributed by atoms with E-state index < -0.39 is 0 Å². The summed E-state index contributed by atoms with van der Waals surface area (Å²) in [5.41, 5.74) is 1.78. The Morgan fingerprint density at radius 1 is 1.47 bits per heavy atom. The Labute approximate surface area is 121 Å². The van der Waals surface area contributed by atoms with Gasteiger partial charge < -0.3 is 9.64 Å². The van der Waals surface area contributed by atoms with E-state index in [4.69, 9.17) is 4.74 Å². The van der Waals surface area contributed by atoms with Crippen molar-refractivity contribution >= 4 is 27.3 Å². The second kappa shape index (κ2) is 7.45. The zero-order valence-corrected chi connectivity index (χ0v) is 13.0. The van der Waals surface area contributed by atoms with E-state index in [0.29, 0.717) is 17.5 Å². The molecule has 1 rings (SSSR count). The Hall–Kier alpha value is -1.14. The molecule has 106 valence electrons. The molecule has 0 heterocycles. The number of rotatable bonds is 7. The zero-order valence-electron chi connectivity index (χ0n) is 11.4. The van der Waals surface area contributed by atoms with Crippen LogP contribution in [0.2, 0.25) is 0 Å². The van der Waals surface area contributed by atoms with Crippen molar-refractivity contribution in [2.75, 3.05) is 25.1 Å². The first kappa shape index (κ1) is 15.9. The Bertz CT molecular complexity index is 438. The van der Waals surface area contributed by atoms with Gasteiger partial charge in [0.25, 0.3) is 5.69 Å². The molecule has 1 aromatic carbocycles. The summed E-state index contributed by atoms with van der Waals surface area (Å²) in [6.45, 7) is 5.37. The lowest BCUT2D eigenvalue weighted by atomic mass is 10.1. The van der Waals surface area contributed by atoms with E-state index in [0.717, 1.165) is 12.2 Å². The van der Waals surface area contributed by atoms with E-state index >= 15 is 0 Å². The molecule has 0 amide bonds. The quantitative estimate of drug-likeness (QED) is 0.437. The lowest BCUT2D eigenvalue weighted by molar-refractivity contribution is -0.385. The van der Waals surface area contributed by atoms with Crippen molar-refractivity contribution in [2.45, 2.75) is 25.3 Å². The Kier molecular flexibility index (Phi) is 6.24. The Morgan fingerprint density at radius 3 is 2.68 bits per heavy atom. The Balaban J connectivity index is 2.75. The van der Waals surface area contributed by atoms with Crippen molar-refractivity contribution in [3.8, 4) is 0 Å². The normalized spacial score (nSPS) is 10.8. The van der Waals surface area contributed by atoms with Gasteiger partial charge in [-0.05, 0) is 26.0 Å². The van der Waals surface area contributed by atoms with Crippen LogP contribution in [0.25, 0.3) is 0 Å². The molecule has 0 unspecified atom stereocenters. The smallest absolute Gasteiger partial charge is 0.273 e. The number of hydrogen-bond acceptors (Lipinski definition) is 4. The fourth-order valence-corrected chi connectivity index (χ4v) is 2.10. The average molecular weight is 331 g/mol. The summed E-state index contributed by atoms with van der Waals surface area (Å²) in [6.07, 6.45) is 0.211. The molecule has 6 heteroatoms. The van der Waals surface area contributed by atoms with Crippen molar-refractivity contribution < 1.29 is 9.66 Å². The van der Waals surface area contributed by atoms with Gasteiger partial charge in [-0.3, -0.25) is 10.1 Å². The first-order valence-corrected chi connectivity index (χ1v) is 7.24. The average Bonchev–Trinajstić information content (AvgIpc) is 2.37. The van der Waals surface area contributed by atoms with Crippen molar-refractivity contribution in [1.29, 1.82) is 0 Å². The number of alkyl halides is 1. The number of ether oxygens (including phenoxy) is 1. The maximum Gasteiger partial charge on any atom is 0.273 e. The van der Waals surface area contributed by atoms with Gasteiger partial charge in [-0.15, -0.1) is 0 Å². The molecule has 0 N–H and O–H groups in total. The third-order valence-electron chi connectivity index (χ3n) is 2.72. The van der Waals surface area contributed by atoms with Crippen LogP contribution in [0.1, 0.15) is 19.4 Å². The van der Waals surface area contributed by atoms with Crippen LogP contribution in [0.4, 0.5) is 11.4 Å². The zero-order chi connectivity index (χ0) is 14.4. The number of halogens is 1. The Morgan fingerprint density at radius 2 is 2.16 bits per heavy atom. The van der Waals surface area contributed by atoms with Crippen LogP contribution in [-0.4, -0.2) is 31.2 Å². The maximum absolute atomic E-state index is 10.9. The molecule has 5 nitrogen and oxygen atoms in total. The first-order chi connectivity index (χ1) is 8.95. The number of hydrogen-bond donors (Lipinski definition) is 0. The van der Waals surface area contributed by atoms with Gasteiger partial charge in [0, 0.05) is 36.2 Å². The predicted molar refractivity (Wildman–Crippen MR) is 80.1 cm³/mol. The number of nitro benzene ring substituents is 1. The summed E-state index contributed by atoms with van der Waals surface area (Å²) in [7, 11) is 1.95. The molecule has 0 aliphatic heterocycles. The molecule has 1 aromatic rings. The van der Waals surface area contributed by atoms with Crippen LogP contribution in [0.3, 0.4) is 0 Å². The van der Waals surface area contributed by atoms with Gasteiger partial charge in [0.15, 0.2) is 0 Å². The standard InChI is InChI=1S/C13H19BrN2O3/c1-10(2)19-7-6-15(3)12-4-5-13(16(17)18)11(8-12)9-14/h4-5,8,10H,6-7,9H2,1-3H3. The second-order valence-corrected chi connectivity index (χ2v) is 5.11. The number of benzene rings is 1. The largest absolute Gasteiger partial charge is 0.377 e. The molecule has 0 atom stereocenters. The number of nitro groups is 1. The minimum atomic E-state index is -0.359. The summed E-state index contributed by atoms with van der Waals surface area (Å²) in [5, 5.41) is 11.3. The molecular weight excluding hydrogens is 312 g/mol. The molecule has 0 aliphatic rings. The highest BCUT2D eigenvalue weighted by Crippen LogP contribution is 2.26. The van der Waals surface area contributed by atoms with Gasteiger partial charge in [-0.25, -0.2) is 0 Å². The van der Waals surface area contributed by atoms with Crippen LogP contribution in [-0.2, 0) is 10.1 Å². The molecule has 0 bridgehead atoms. The summed E-state index contributed by atoms with van der Waals surface area (Å²) < 4.78 is 5.49. The van der Waals surface area contributed by atoms with Gasteiger partial charge in [0.05, 0.1) is 17.6 Å². The molecule has 19 heavy (non-hydrogen) atoms. The van der Waals surface area contributed by atoms with E-state index in [-0.39, 0.29) is 16.7 Å². The molecule has 0 aromatic heterocycles. The predicted octanol–water partition coefficient (Wildman–Crippen LogP) is 3.35. The van der Waals surface area contributed by atoms with Gasteiger partial charge in [0.1, 0.15) is 0 Å². The number of anilines is 1. The summed E-state index contributed by atoms with van der Waals surface area (Å²) in [4.78, 5) is 12.5. The topological polar surface area (TPSA) is 55.6 Å². The first-order valence-electron chi connectivity index (χ1n) is 6.11.